The summed E-state index contributed by atoms with van der Waals surface area (Å²) in [7, 11) is -1.14. The summed E-state index contributed by atoms with van der Waals surface area (Å²) < 4.78 is 9.10. The van der Waals surface area contributed by atoms with E-state index >= 15 is 0 Å². The maximum atomic E-state index is 6.73. The molecule has 1 fully saturated rings. The van der Waals surface area contributed by atoms with Crippen molar-refractivity contribution in [2.24, 2.45) is 0 Å². The minimum Gasteiger partial charge on any atom is -0.501 e. The second-order valence-corrected chi connectivity index (χ2v) is 23.7. The monoisotopic (exact) mass is 1070 g/mol. The van der Waals surface area contributed by atoms with Gasteiger partial charge in [0.05, 0.1) is 30.5 Å². The van der Waals surface area contributed by atoms with Crippen molar-refractivity contribution in [2.75, 3.05) is 0 Å². The number of aromatic nitrogens is 3. The van der Waals surface area contributed by atoms with Gasteiger partial charge in [0.2, 0.25) is 0 Å². The topological polar surface area (TPSA) is 43.9 Å². The van der Waals surface area contributed by atoms with Crippen molar-refractivity contribution in [3.63, 3.8) is 0 Å². The van der Waals surface area contributed by atoms with Crippen molar-refractivity contribution < 1.29 is 24.5 Å². The Kier molecular flexibility index (Phi) is 12.6. The van der Waals surface area contributed by atoms with E-state index in [0.29, 0.717) is 0 Å². The van der Waals surface area contributed by atoms with Crippen LogP contribution in [0.25, 0.3) is 83.6 Å². The Labute approximate surface area is 409 Å². The van der Waals surface area contributed by atoms with Gasteiger partial charge in [-0.1, -0.05) is 173 Å². The summed E-state index contributed by atoms with van der Waals surface area (Å²) in [6, 6.07) is 66.9. The van der Waals surface area contributed by atoms with E-state index in [9.17, 15) is 0 Å². The maximum Gasteiger partial charge on any atom is 0.121 e. The molecule has 6 heteroatoms. The van der Waals surface area contributed by atoms with Crippen LogP contribution in [0.1, 0.15) is 75.5 Å². The average molecular weight is 1070 g/mol. The van der Waals surface area contributed by atoms with E-state index in [-0.39, 0.29) is 31.9 Å². The zero-order valence-electron chi connectivity index (χ0n) is 38.8. The predicted octanol–water partition coefficient (Wildman–Crippen LogP) is 15.9. The second-order valence-electron chi connectivity index (χ2n) is 19.1. The molecule has 0 N–H and O–H groups in total. The van der Waals surface area contributed by atoms with Crippen LogP contribution in [0.4, 0.5) is 0 Å². The van der Waals surface area contributed by atoms with Crippen molar-refractivity contribution in [3.8, 4) is 50.6 Å². The van der Waals surface area contributed by atoms with Crippen LogP contribution in [-0.4, -0.2) is 22.6 Å². The number of hydrogen-bond donors (Lipinski definition) is 0. The van der Waals surface area contributed by atoms with Gasteiger partial charge in [-0.3, -0.25) is 4.98 Å². The first-order valence-electron chi connectivity index (χ1n) is 24.0. The van der Waals surface area contributed by atoms with Gasteiger partial charge in [0, 0.05) is 37.4 Å². The van der Waals surface area contributed by atoms with Gasteiger partial charge in [-0.25, -0.2) is 0 Å². The van der Waals surface area contributed by atoms with E-state index in [1.165, 1.54) is 77.3 Å². The van der Waals surface area contributed by atoms with Gasteiger partial charge in [-0.15, -0.1) is 54.1 Å². The van der Waals surface area contributed by atoms with Crippen LogP contribution in [0.5, 0.6) is 0 Å². The quantitative estimate of drug-likeness (QED) is 0.118. The fourth-order valence-corrected chi connectivity index (χ4v) is 16.4. The SMILES string of the molecule is CC(C)c1cc(-c2ccccc2)cc(C(C)C)c1-n1c(-c2[c-]ccc3c2oc2cc(-c4ccccc4)ccc23)nc2ccccc21.[Ir].[c-]1ccccc1-c1cc2c(cn1)[Si]1(CCCC1)CCC2. The van der Waals surface area contributed by atoms with E-state index in [0.717, 1.165) is 61.2 Å². The smallest absolute Gasteiger partial charge is 0.121 e. The van der Waals surface area contributed by atoms with Gasteiger partial charge in [0.15, 0.2) is 0 Å². The van der Waals surface area contributed by atoms with Crippen molar-refractivity contribution >= 4 is 46.2 Å². The van der Waals surface area contributed by atoms with Crippen LogP contribution in [0.15, 0.2) is 168 Å². The van der Waals surface area contributed by atoms with Gasteiger partial charge in [-0.05, 0) is 92.8 Å². The summed E-state index contributed by atoms with van der Waals surface area (Å²) in [5, 5.41) is 3.85. The van der Waals surface area contributed by atoms with Crippen LogP contribution in [0.2, 0.25) is 18.1 Å². The summed E-state index contributed by atoms with van der Waals surface area (Å²) >= 11 is 0. The van der Waals surface area contributed by atoms with Crippen LogP contribution in [-0.2, 0) is 26.5 Å². The third-order valence-electron chi connectivity index (χ3n) is 14.3. The molecule has 2 aliphatic heterocycles. The number of hydrogen-bond acceptors (Lipinski definition) is 3. The molecular formula is C61H55IrN3OSi-2. The van der Waals surface area contributed by atoms with Gasteiger partial charge < -0.3 is 14.0 Å². The molecule has 3 aromatic heterocycles. The molecule has 0 unspecified atom stereocenters. The third-order valence-corrected chi connectivity index (χ3v) is 19.8. The van der Waals surface area contributed by atoms with E-state index < -0.39 is 8.07 Å². The number of fused-ring (bicyclic) bond motifs is 6. The number of imidazole rings is 1. The average Bonchev–Trinajstić information content (AvgIpc) is 4.10. The first kappa shape index (κ1) is 44.7. The Morgan fingerprint density at radius 3 is 1.99 bits per heavy atom. The molecule has 1 saturated heterocycles. The number of rotatable bonds is 7. The Balaban J connectivity index is 0.000000208. The Morgan fingerprint density at radius 1 is 0.612 bits per heavy atom. The summed E-state index contributed by atoms with van der Waals surface area (Å²) in [6.45, 7) is 9.14. The summed E-state index contributed by atoms with van der Waals surface area (Å²) in [5.41, 5.74) is 16.9. The molecule has 5 heterocycles. The Hall–Kier alpha value is -6.17. The number of furan rings is 1. The number of aryl methyl sites for hydroxylation is 1. The van der Waals surface area contributed by atoms with Gasteiger partial charge in [-0.2, -0.15) is 0 Å². The van der Waals surface area contributed by atoms with Crippen molar-refractivity contribution in [3.05, 3.63) is 193 Å². The summed E-state index contributed by atoms with van der Waals surface area (Å²) in [5.74, 6) is 1.41. The van der Waals surface area contributed by atoms with Crippen molar-refractivity contribution in [1.29, 1.82) is 0 Å². The van der Waals surface area contributed by atoms with Crippen LogP contribution in [0, 0.1) is 12.1 Å². The molecular weight excluding hydrogens is 1010 g/mol. The fraction of sp³-hybridized carbons (Fsp3) is 0.213. The minimum atomic E-state index is -1.14. The molecule has 67 heavy (non-hydrogen) atoms. The summed E-state index contributed by atoms with van der Waals surface area (Å²) in [6.07, 6.45) is 7.82. The molecule has 1 radical (unpaired) electrons. The number of benzene rings is 7. The Morgan fingerprint density at radius 2 is 1.28 bits per heavy atom. The van der Waals surface area contributed by atoms with E-state index in [4.69, 9.17) is 14.4 Å². The second kappa shape index (κ2) is 18.8. The largest absolute Gasteiger partial charge is 0.501 e. The first-order valence-corrected chi connectivity index (χ1v) is 26.6. The van der Waals surface area contributed by atoms with Crippen molar-refractivity contribution in [1.82, 2.24) is 14.5 Å². The summed E-state index contributed by atoms with van der Waals surface area (Å²) in [4.78, 5) is 10.1. The number of nitrogens with zero attached hydrogens (tertiary/aromatic N) is 3. The zero-order chi connectivity index (χ0) is 44.8. The number of para-hydroxylation sites is 2. The van der Waals surface area contributed by atoms with Crippen molar-refractivity contribution in [2.45, 2.75) is 83.3 Å². The van der Waals surface area contributed by atoms with Gasteiger partial charge in [0.1, 0.15) is 5.58 Å². The van der Waals surface area contributed by atoms with Gasteiger partial charge >= 0.3 is 0 Å². The molecule has 1 spiro atoms. The van der Waals surface area contributed by atoms with E-state index in [2.05, 4.69) is 184 Å². The molecule has 10 aromatic rings. The van der Waals surface area contributed by atoms with Crippen LogP contribution < -0.4 is 5.19 Å². The molecule has 4 nitrogen and oxygen atoms in total. The standard InChI is InChI=1S/C43H35N2O.C18H20NSi.Ir/c1-27(2)36-24-32(30-16-9-6-10-17-30)25-37(28(3)4)41(36)45-39-21-12-11-20-38(39)44-43(45)35-19-13-18-34-33-23-22-31(26-40(33)46-42(34)35)29-14-7-5-8-15-29;1-2-7-15(8-3-1)17-13-16-9-6-12-20(10-4-5-11-20)18(16)14-19-17;/h5-18,20-28H,1-4H3;1-3,7,13-14H,4-6,9-12H2;/q2*-1;. The van der Waals surface area contributed by atoms with E-state index in [1.807, 2.05) is 24.3 Å². The molecule has 0 aliphatic carbocycles. The minimum absolute atomic E-state index is 0. The molecule has 0 atom stereocenters. The van der Waals surface area contributed by atoms with Crippen LogP contribution in [0.3, 0.4) is 0 Å². The third kappa shape index (κ3) is 8.35. The normalized spacial score (nSPS) is 14.1. The molecule has 0 amide bonds. The fourth-order valence-electron chi connectivity index (χ4n) is 11.0. The maximum absolute atomic E-state index is 6.73. The molecule has 0 bridgehead atoms. The zero-order valence-corrected chi connectivity index (χ0v) is 42.2. The van der Waals surface area contributed by atoms with Gasteiger partial charge in [0.25, 0.3) is 0 Å². The van der Waals surface area contributed by atoms with Crippen LogP contribution >= 0.6 is 0 Å². The first-order chi connectivity index (χ1) is 32.3. The molecule has 335 valence electrons. The Bertz CT molecular complexity index is 3320. The van der Waals surface area contributed by atoms with E-state index in [1.54, 1.807) is 10.8 Å². The predicted molar refractivity (Wildman–Crippen MR) is 278 cm³/mol. The number of pyridine rings is 1. The molecule has 7 aromatic carbocycles. The molecule has 12 rings (SSSR count). The molecule has 0 saturated carbocycles. The molecule has 2 aliphatic rings.